The minimum Gasteiger partial charge on any atom is -0.395 e. The number of amides is 1. The zero-order valence-electron chi connectivity index (χ0n) is 12.6. The van der Waals surface area contributed by atoms with Gasteiger partial charge in [-0.15, -0.1) is 0 Å². The maximum Gasteiger partial charge on any atom is 0.270 e. The van der Waals surface area contributed by atoms with Crippen molar-refractivity contribution in [1.29, 1.82) is 0 Å². The van der Waals surface area contributed by atoms with Gasteiger partial charge in [-0.25, -0.2) is 13.6 Å². The maximum absolute atomic E-state index is 12.6. The summed E-state index contributed by atoms with van der Waals surface area (Å²) in [5.41, 5.74) is 0.236. The molecule has 3 N–H and O–H groups in total. The quantitative estimate of drug-likeness (QED) is 0.754. The van der Waals surface area contributed by atoms with Crippen LogP contribution in [-0.4, -0.2) is 48.1 Å². The Balaban J connectivity index is 3.18. The molecule has 21 heavy (non-hydrogen) atoms. The molecule has 7 nitrogen and oxygen atoms in total. The van der Waals surface area contributed by atoms with Gasteiger partial charge in [-0.05, 0) is 18.9 Å². The van der Waals surface area contributed by atoms with Crippen molar-refractivity contribution < 1.29 is 18.3 Å². The molecule has 8 heteroatoms. The minimum absolute atomic E-state index is 0.00233. The number of aliphatic hydroxyl groups excluding tert-OH is 1. The first kappa shape index (κ1) is 17.7. The monoisotopic (exact) mass is 317 g/mol. The van der Waals surface area contributed by atoms with Crippen LogP contribution in [0.3, 0.4) is 0 Å². The van der Waals surface area contributed by atoms with Crippen LogP contribution in [0.25, 0.3) is 0 Å². The summed E-state index contributed by atoms with van der Waals surface area (Å²) in [7, 11) is -2.26. The van der Waals surface area contributed by atoms with Crippen molar-refractivity contribution in [2.24, 2.45) is 12.2 Å². The number of hydrogen-bond acceptors (Lipinski definition) is 4. The van der Waals surface area contributed by atoms with Crippen molar-refractivity contribution >= 4 is 15.9 Å². The molecule has 0 aliphatic rings. The fourth-order valence-electron chi connectivity index (χ4n) is 2.34. The molecule has 0 unspecified atom stereocenters. The molecule has 0 bridgehead atoms. The van der Waals surface area contributed by atoms with Gasteiger partial charge >= 0.3 is 0 Å². The highest BCUT2D eigenvalue weighted by atomic mass is 32.2. The summed E-state index contributed by atoms with van der Waals surface area (Å²) in [5.74, 6) is -0.310. The molecule has 120 valence electrons. The van der Waals surface area contributed by atoms with Gasteiger partial charge in [0.1, 0.15) is 10.6 Å². The molecule has 1 rings (SSSR count). The van der Waals surface area contributed by atoms with Crippen LogP contribution in [0.2, 0.25) is 0 Å². The summed E-state index contributed by atoms with van der Waals surface area (Å²) >= 11 is 0. The Hall–Kier alpha value is -1.38. The van der Waals surface area contributed by atoms with Gasteiger partial charge in [0, 0.05) is 25.8 Å². The SMILES string of the molecule is CCC(CC)N(CCO)C(=O)c1cc(S(N)(=O)=O)cn1C. The van der Waals surface area contributed by atoms with Crippen LogP contribution in [0.1, 0.15) is 37.2 Å². The van der Waals surface area contributed by atoms with Crippen LogP contribution in [0.5, 0.6) is 0 Å². The van der Waals surface area contributed by atoms with E-state index in [0.717, 1.165) is 12.8 Å². The van der Waals surface area contributed by atoms with E-state index in [0.29, 0.717) is 0 Å². The average Bonchev–Trinajstić information content (AvgIpc) is 2.80. The van der Waals surface area contributed by atoms with E-state index < -0.39 is 10.0 Å². The fraction of sp³-hybridized carbons (Fsp3) is 0.615. The number of aromatic nitrogens is 1. The lowest BCUT2D eigenvalue weighted by atomic mass is 10.1. The summed E-state index contributed by atoms with van der Waals surface area (Å²) in [6.07, 6.45) is 2.83. The van der Waals surface area contributed by atoms with E-state index in [2.05, 4.69) is 0 Å². The van der Waals surface area contributed by atoms with Crippen LogP contribution < -0.4 is 5.14 Å². The molecule has 0 aliphatic heterocycles. The second kappa shape index (κ2) is 7.06. The van der Waals surface area contributed by atoms with E-state index in [9.17, 15) is 13.2 Å². The number of sulfonamides is 1. The average molecular weight is 317 g/mol. The van der Waals surface area contributed by atoms with Crippen molar-refractivity contribution in [2.75, 3.05) is 13.2 Å². The third kappa shape index (κ3) is 4.05. The molecule has 0 aromatic carbocycles. The minimum atomic E-state index is -3.85. The number of nitrogens with two attached hydrogens (primary N) is 1. The predicted octanol–water partition coefficient (Wildman–Crippen LogP) is 0.296. The van der Waals surface area contributed by atoms with E-state index in [4.69, 9.17) is 10.2 Å². The molecule has 1 amide bonds. The number of carbonyl (C=O) groups is 1. The van der Waals surface area contributed by atoms with Crippen molar-refractivity contribution in [3.05, 3.63) is 18.0 Å². The molecule has 0 saturated heterocycles. The summed E-state index contributed by atoms with van der Waals surface area (Å²) in [5, 5.41) is 14.2. The Bertz CT molecular complexity index is 591. The second-order valence-corrected chi connectivity index (χ2v) is 6.47. The van der Waals surface area contributed by atoms with Crippen LogP contribution in [0, 0.1) is 0 Å². The van der Waals surface area contributed by atoms with Gasteiger partial charge in [0.05, 0.1) is 6.61 Å². The number of hydrogen-bond donors (Lipinski definition) is 2. The molecule has 0 radical (unpaired) electrons. The third-order valence-corrected chi connectivity index (χ3v) is 4.39. The third-order valence-electron chi connectivity index (χ3n) is 3.51. The first-order valence-electron chi connectivity index (χ1n) is 6.87. The molecule has 0 aliphatic carbocycles. The van der Waals surface area contributed by atoms with Crippen LogP contribution >= 0.6 is 0 Å². The van der Waals surface area contributed by atoms with Crippen molar-refractivity contribution in [1.82, 2.24) is 9.47 Å². The highest BCUT2D eigenvalue weighted by molar-refractivity contribution is 7.89. The van der Waals surface area contributed by atoms with Crippen molar-refractivity contribution in [3.8, 4) is 0 Å². The molecule has 0 fully saturated rings. The molecule has 0 spiro atoms. The van der Waals surface area contributed by atoms with Gasteiger partial charge < -0.3 is 14.6 Å². The van der Waals surface area contributed by atoms with E-state index in [1.165, 1.54) is 16.8 Å². The van der Waals surface area contributed by atoms with Crippen LogP contribution in [0.15, 0.2) is 17.2 Å². The first-order chi connectivity index (χ1) is 9.76. The van der Waals surface area contributed by atoms with Crippen LogP contribution in [-0.2, 0) is 17.1 Å². The summed E-state index contributed by atoms with van der Waals surface area (Å²) in [4.78, 5) is 14.1. The number of aryl methyl sites for hydroxylation is 1. The van der Waals surface area contributed by atoms with Crippen molar-refractivity contribution in [2.45, 2.75) is 37.6 Å². The smallest absolute Gasteiger partial charge is 0.270 e. The number of rotatable bonds is 7. The Morgan fingerprint density at radius 1 is 1.43 bits per heavy atom. The largest absolute Gasteiger partial charge is 0.395 e. The molecular weight excluding hydrogens is 294 g/mol. The molecule has 0 atom stereocenters. The maximum atomic E-state index is 12.6. The Morgan fingerprint density at radius 3 is 2.38 bits per heavy atom. The highest BCUT2D eigenvalue weighted by Crippen LogP contribution is 2.17. The Morgan fingerprint density at radius 2 is 2.00 bits per heavy atom. The van der Waals surface area contributed by atoms with Gasteiger partial charge in [0.25, 0.3) is 5.91 Å². The number of carbonyl (C=O) groups excluding carboxylic acids is 1. The van der Waals surface area contributed by atoms with Gasteiger partial charge in [0.2, 0.25) is 10.0 Å². The van der Waals surface area contributed by atoms with E-state index in [1.54, 1.807) is 11.9 Å². The molecule has 1 heterocycles. The van der Waals surface area contributed by atoms with Crippen LogP contribution in [0.4, 0.5) is 0 Å². The highest BCUT2D eigenvalue weighted by Gasteiger charge is 2.25. The Kier molecular flexibility index (Phi) is 5.94. The van der Waals surface area contributed by atoms with Gasteiger partial charge in [-0.1, -0.05) is 13.8 Å². The first-order valence-corrected chi connectivity index (χ1v) is 8.41. The number of aliphatic hydroxyl groups is 1. The number of primary sulfonamides is 1. The normalized spacial score (nSPS) is 11.9. The second-order valence-electron chi connectivity index (χ2n) is 4.91. The van der Waals surface area contributed by atoms with Gasteiger partial charge in [-0.2, -0.15) is 0 Å². The molecule has 0 saturated carbocycles. The zero-order chi connectivity index (χ0) is 16.2. The summed E-state index contributed by atoms with van der Waals surface area (Å²) in [6, 6.07) is 1.27. The van der Waals surface area contributed by atoms with E-state index >= 15 is 0 Å². The summed E-state index contributed by atoms with van der Waals surface area (Å²) < 4.78 is 24.2. The van der Waals surface area contributed by atoms with Crippen molar-refractivity contribution in [3.63, 3.8) is 0 Å². The number of nitrogens with zero attached hydrogens (tertiary/aromatic N) is 2. The lowest BCUT2D eigenvalue weighted by Crippen LogP contribution is -2.42. The van der Waals surface area contributed by atoms with Gasteiger partial charge in [-0.3, -0.25) is 4.79 Å². The van der Waals surface area contributed by atoms with E-state index in [1.807, 2.05) is 13.8 Å². The zero-order valence-corrected chi connectivity index (χ0v) is 13.4. The lowest BCUT2D eigenvalue weighted by molar-refractivity contribution is 0.0612. The van der Waals surface area contributed by atoms with E-state index in [-0.39, 0.29) is 35.7 Å². The standard InChI is InChI=1S/C13H23N3O4S/c1-4-10(5-2)16(6-7-17)13(18)12-8-11(9-15(12)3)21(14,19)20/h8-10,17H,4-7H2,1-3H3,(H2,14,19,20). The summed E-state index contributed by atoms with van der Waals surface area (Å²) in [6.45, 7) is 3.99. The molecule has 1 aromatic heterocycles. The fourth-order valence-corrected chi connectivity index (χ4v) is 2.92. The molecular formula is C13H23N3O4S. The van der Waals surface area contributed by atoms with Gasteiger partial charge in [0.15, 0.2) is 0 Å². The molecule has 1 aromatic rings. The topological polar surface area (TPSA) is 106 Å². The predicted molar refractivity (Wildman–Crippen MR) is 79.3 cm³/mol. The Labute approximate surface area is 125 Å². The lowest BCUT2D eigenvalue weighted by Gasteiger charge is -2.30.